The number of amides is 2. The molecule has 1 heterocycles. The van der Waals surface area contributed by atoms with Gasteiger partial charge in [-0.05, 0) is 61.9 Å². The van der Waals surface area contributed by atoms with E-state index in [9.17, 15) is 9.59 Å². The molecule has 0 spiro atoms. The first-order chi connectivity index (χ1) is 17.1. The highest BCUT2D eigenvalue weighted by Crippen LogP contribution is 2.36. The summed E-state index contributed by atoms with van der Waals surface area (Å²) in [4.78, 5) is 32.7. The summed E-state index contributed by atoms with van der Waals surface area (Å²) in [6, 6.07) is 15.3. The van der Waals surface area contributed by atoms with Crippen molar-refractivity contribution in [1.29, 1.82) is 0 Å². The topological polar surface area (TPSA) is 74.4 Å². The molecule has 6 nitrogen and oxygen atoms in total. The predicted octanol–water partition coefficient (Wildman–Crippen LogP) is 5.29. The number of carbonyl (C=O) groups is 2. The molecule has 0 saturated heterocycles. The van der Waals surface area contributed by atoms with Gasteiger partial charge in [-0.15, -0.1) is 0 Å². The fourth-order valence-electron chi connectivity index (χ4n) is 5.32. The third kappa shape index (κ3) is 5.37. The van der Waals surface area contributed by atoms with Crippen LogP contribution in [-0.4, -0.2) is 40.4 Å². The molecule has 0 radical (unpaired) electrons. The maximum atomic E-state index is 13.8. The van der Waals surface area contributed by atoms with E-state index in [1.165, 1.54) is 6.42 Å². The fraction of sp³-hybridized carbons (Fsp3) is 0.448. The van der Waals surface area contributed by atoms with E-state index in [1.807, 2.05) is 66.6 Å². The third-order valence-electron chi connectivity index (χ3n) is 7.23. The van der Waals surface area contributed by atoms with Crippen LogP contribution in [0, 0.1) is 0 Å². The van der Waals surface area contributed by atoms with Gasteiger partial charge in [-0.2, -0.15) is 0 Å². The molecular weight excluding hydrogens is 438 g/mol. The van der Waals surface area contributed by atoms with Crippen molar-refractivity contribution in [3.05, 3.63) is 65.9 Å². The lowest BCUT2D eigenvalue weighted by Gasteiger charge is -2.33. The smallest absolute Gasteiger partial charge is 0.247 e. The number of nitrogens with one attached hydrogen (secondary N) is 2. The van der Waals surface area contributed by atoms with E-state index in [0.717, 1.165) is 66.3 Å². The Kier molecular flexibility index (Phi) is 7.07. The van der Waals surface area contributed by atoms with E-state index in [1.54, 1.807) is 0 Å². The molecule has 1 unspecified atom stereocenters. The van der Waals surface area contributed by atoms with Gasteiger partial charge in [-0.25, -0.2) is 0 Å². The fourth-order valence-corrected chi connectivity index (χ4v) is 5.32. The van der Waals surface area contributed by atoms with Crippen LogP contribution in [0.1, 0.15) is 69.0 Å². The van der Waals surface area contributed by atoms with Crippen molar-refractivity contribution >= 4 is 22.7 Å². The summed E-state index contributed by atoms with van der Waals surface area (Å²) in [5, 5.41) is 4.35. The summed E-state index contributed by atoms with van der Waals surface area (Å²) in [7, 11) is 0. The predicted molar refractivity (Wildman–Crippen MR) is 137 cm³/mol. The number of ether oxygens (including phenoxy) is 1. The van der Waals surface area contributed by atoms with Crippen LogP contribution in [-0.2, 0) is 16.0 Å². The zero-order valence-electron chi connectivity index (χ0n) is 20.5. The number of aromatic amines is 1. The van der Waals surface area contributed by atoms with Crippen molar-refractivity contribution in [3.63, 3.8) is 0 Å². The standard InChI is InChI=1S/C29H35N3O3/c1-2-35-24-16-12-20(13-17-24)28(29(34)31-22-8-4-3-5-9-22)32(23-14-15-23)27(33)18-21-19-30-26-11-7-6-10-25(21)26/h6-7,10-13,16-17,19,22-23,28,30H,2-5,8-9,14-15,18H2,1H3,(H,31,34). The second-order valence-electron chi connectivity index (χ2n) is 9.82. The zero-order chi connectivity index (χ0) is 24.2. The Bertz CT molecular complexity index is 1160. The van der Waals surface area contributed by atoms with Gasteiger partial charge in [0.25, 0.3) is 0 Å². The van der Waals surface area contributed by atoms with Crippen LogP contribution in [0.4, 0.5) is 0 Å². The molecule has 0 bridgehead atoms. The number of aromatic nitrogens is 1. The summed E-state index contributed by atoms with van der Waals surface area (Å²) in [5.74, 6) is 0.695. The van der Waals surface area contributed by atoms with E-state index in [2.05, 4.69) is 10.3 Å². The van der Waals surface area contributed by atoms with E-state index in [0.29, 0.717) is 6.61 Å². The van der Waals surface area contributed by atoms with Gasteiger partial charge in [0.15, 0.2) is 0 Å². The molecule has 5 rings (SSSR count). The van der Waals surface area contributed by atoms with Gasteiger partial charge >= 0.3 is 0 Å². The monoisotopic (exact) mass is 473 g/mol. The van der Waals surface area contributed by atoms with Crippen LogP contribution in [0.3, 0.4) is 0 Å². The second kappa shape index (κ2) is 10.5. The number of carbonyl (C=O) groups excluding carboxylic acids is 2. The Hall–Kier alpha value is -3.28. The van der Waals surface area contributed by atoms with Gasteiger partial charge < -0.3 is 19.9 Å². The molecule has 2 aliphatic carbocycles. The average molecular weight is 474 g/mol. The largest absolute Gasteiger partial charge is 0.494 e. The number of rotatable bonds is 9. The van der Waals surface area contributed by atoms with Gasteiger partial charge in [-0.1, -0.05) is 49.6 Å². The molecule has 2 saturated carbocycles. The molecule has 3 aromatic rings. The van der Waals surface area contributed by atoms with E-state index < -0.39 is 6.04 Å². The van der Waals surface area contributed by atoms with Gasteiger partial charge in [0.2, 0.25) is 11.8 Å². The Balaban J connectivity index is 1.44. The van der Waals surface area contributed by atoms with Crippen LogP contribution in [0.25, 0.3) is 10.9 Å². The first-order valence-corrected chi connectivity index (χ1v) is 13.0. The number of fused-ring (bicyclic) bond motifs is 1. The molecule has 2 amide bonds. The number of H-pyrrole nitrogens is 1. The van der Waals surface area contributed by atoms with E-state index in [4.69, 9.17) is 4.74 Å². The Morgan fingerprint density at radius 3 is 2.49 bits per heavy atom. The van der Waals surface area contributed by atoms with Crippen LogP contribution >= 0.6 is 0 Å². The Morgan fingerprint density at radius 1 is 1.03 bits per heavy atom. The summed E-state index contributed by atoms with van der Waals surface area (Å²) in [6.45, 7) is 2.54. The van der Waals surface area contributed by atoms with Crippen molar-refractivity contribution in [2.24, 2.45) is 0 Å². The molecule has 6 heteroatoms. The summed E-state index contributed by atoms with van der Waals surface area (Å²) < 4.78 is 5.62. The lowest BCUT2D eigenvalue weighted by Crippen LogP contribution is -2.48. The number of benzene rings is 2. The lowest BCUT2D eigenvalue weighted by atomic mass is 9.94. The normalized spacial score (nSPS) is 17.2. The highest BCUT2D eigenvalue weighted by molar-refractivity contribution is 5.93. The van der Waals surface area contributed by atoms with Gasteiger partial charge in [0, 0.05) is 29.2 Å². The second-order valence-corrected chi connectivity index (χ2v) is 9.82. The highest BCUT2D eigenvalue weighted by atomic mass is 16.5. The van der Waals surface area contributed by atoms with Crippen molar-refractivity contribution in [3.8, 4) is 5.75 Å². The van der Waals surface area contributed by atoms with E-state index in [-0.39, 0.29) is 30.3 Å². The van der Waals surface area contributed by atoms with Crippen molar-refractivity contribution in [1.82, 2.24) is 15.2 Å². The van der Waals surface area contributed by atoms with Crippen LogP contribution in [0.5, 0.6) is 5.75 Å². The quantitative estimate of drug-likeness (QED) is 0.443. The van der Waals surface area contributed by atoms with Gasteiger partial charge in [0.05, 0.1) is 13.0 Å². The maximum absolute atomic E-state index is 13.8. The Morgan fingerprint density at radius 2 is 1.77 bits per heavy atom. The first-order valence-electron chi connectivity index (χ1n) is 13.0. The minimum Gasteiger partial charge on any atom is -0.494 e. The number of nitrogens with zero attached hydrogens (tertiary/aromatic N) is 1. The van der Waals surface area contributed by atoms with Crippen LogP contribution in [0.15, 0.2) is 54.7 Å². The number of hydrogen-bond acceptors (Lipinski definition) is 3. The SMILES string of the molecule is CCOc1ccc(C(C(=O)NC2CCCCC2)N(C(=O)Cc2c[nH]c3ccccc23)C2CC2)cc1. The molecule has 2 N–H and O–H groups in total. The summed E-state index contributed by atoms with van der Waals surface area (Å²) in [6.07, 6.45) is 9.59. The Labute approximate surface area is 207 Å². The molecule has 1 atom stereocenters. The van der Waals surface area contributed by atoms with Gasteiger partial charge in [-0.3, -0.25) is 9.59 Å². The minimum absolute atomic E-state index is 0.00469. The zero-order valence-corrected chi connectivity index (χ0v) is 20.5. The molecular formula is C29H35N3O3. The van der Waals surface area contributed by atoms with Crippen molar-refractivity contribution < 1.29 is 14.3 Å². The molecule has 0 aliphatic heterocycles. The summed E-state index contributed by atoms with van der Waals surface area (Å²) in [5.41, 5.74) is 2.82. The molecule has 2 aromatic carbocycles. The van der Waals surface area contributed by atoms with Crippen molar-refractivity contribution in [2.75, 3.05) is 6.61 Å². The van der Waals surface area contributed by atoms with Gasteiger partial charge in [0.1, 0.15) is 11.8 Å². The molecule has 2 fully saturated rings. The van der Waals surface area contributed by atoms with E-state index >= 15 is 0 Å². The highest BCUT2D eigenvalue weighted by Gasteiger charge is 2.41. The molecule has 35 heavy (non-hydrogen) atoms. The number of para-hydroxylation sites is 1. The van der Waals surface area contributed by atoms with Crippen molar-refractivity contribution in [2.45, 2.75) is 76.4 Å². The molecule has 2 aliphatic rings. The molecule has 184 valence electrons. The maximum Gasteiger partial charge on any atom is 0.247 e. The third-order valence-corrected chi connectivity index (χ3v) is 7.23. The van der Waals surface area contributed by atoms with Crippen LogP contribution in [0.2, 0.25) is 0 Å². The molecule has 1 aromatic heterocycles. The summed E-state index contributed by atoms with van der Waals surface area (Å²) >= 11 is 0. The van der Waals surface area contributed by atoms with Crippen LogP contribution < -0.4 is 10.1 Å². The first kappa shape index (κ1) is 23.5. The minimum atomic E-state index is -0.641. The average Bonchev–Trinajstić information content (AvgIpc) is 3.64. The number of hydrogen-bond donors (Lipinski definition) is 2. The lowest BCUT2D eigenvalue weighted by molar-refractivity contribution is -0.141.